The second-order valence-corrected chi connectivity index (χ2v) is 5.89. The Morgan fingerprint density at radius 2 is 1.91 bits per heavy atom. The molecular formula is C15H29IN4O2. The molecule has 1 amide bonds. The van der Waals surface area contributed by atoms with E-state index in [1.165, 1.54) is 6.42 Å². The third kappa shape index (κ3) is 5.81. The van der Waals surface area contributed by atoms with E-state index in [1.807, 2.05) is 13.8 Å². The van der Waals surface area contributed by atoms with Crippen molar-refractivity contribution < 1.29 is 9.53 Å². The first-order valence-corrected chi connectivity index (χ1v) is 8.13. The summed E-state index contributed by atoms with van der Waals surface area (Å²) in [5.41, 5.74) is 0. The number of halogens is 1. The molecular weight excluding hydrogens is 395 g/mol. The minimum absolute atomic E-state index is 0. The molecule has 1 saturated heterocycles. The van der Waals surface area contributed by atoms with Crippen LogP contribution in [0.4, 0.5) is 4.79 Å². The fourth-order valence-corrected chi connectivity index (χ4v) is 2.60. The first-order chi connectivity index (χ1) is 10.1. The van der Waals surface area contributed by atoms with Gasteiger partial charge >= 0.3 is 6.09 Å². The average Bonchev–Trinajstić information content (AvgIpc) is 3.15. The van der Waals surface area contributed by atoms with E-state index in [9.17, 15) is 4.79 Å². The van der Waals surface area contributed by atoms with E-state index in [-0.39, 0.29) is 30.1 Å². The Morgan fingerprint density at radius 1 is 1.27 bits per heavy atom. The lowest BCUT2D eigenvalue weighted by atomic mass is 10.1. The largest absolute Gasteiger partial charge is 0.450 e. The molecule has 6 nitrogen and oxygen atoms in total. The second-order valence-electron chi connectivity index (χ2n) is 5.89. The number of carbonyl (C=O) groups excluding carboxylic acids is 1. The quantitative estimate of drug-likeness (QED) is 0.413. The van der Waals surface area contributed by atoms with Gasteiger partial charge in [0.15, 0.2) is 5.96 Å². The Balaban J connectivity index is 0.00000242. The number of amides is 1. The normalized spacial score (nSPS) is 25.2. The Kier molecular flexibility index (Phi) is 8.27. The first kappa shape index (κ1) is 19.3. The van der Waals surface area contributed by atoms with Gasteiger partial charge in [0.1, 0.15) is 0 Å². The van der Waals surface area contributed by atoms with E-state index in [2.05, 4.69) is 22.5 Å². The maximum absolute atomic E-state index is 11.7. The van der Waals surface area contributed by atoms with Crippen LogP contribution in [0.25, 0.3) is 0 Å². The van der Waals surface area contributed by atoms with Gasteiger partial charge in [-0.15, -0.1) is 24.0 Å². The molecule has 7 heteroatoms. The Morgan fingerprint density at radius 3 is 2.41 bits per heavy atom. The number of likely N-dealkylation sites (tertiary alicyclic amines) is 1. The van der Waals surface area contributed by atoms with Gasteiger partial charge in [-0.3, -0.25) is 4.99 Å². The highest BCUT2D eigenvalue weighted by Gasteiger charge is 2.33. The number of carbonyl (C=O) groups is 1. The summed E-state index contributed by atoms with van der Waals surface area (Å²) in [6.45, 7) is 8.84. The zero-order valence-electron chi connectivity index (χ0n) is 13.8. The minimum atomic E-state index is -0.191. The van der Waals surface area contributed by atoms with Crippen LogP contribution in [0.5, 0.6) is 0 Å². The van der Waals surface area contributed by atoms with E-state index in [0.717, 1.165) is 44.4 Å². The van der Waals surface area contributed by atoms with Gasteiger partial charge in [0, 0.05) is 31.7 Å². The number of piperidine rings is 1. The number of guanidine groups is 1. The summed E-state index contributed by atoms with van der Waals surface area (Å²) < 4.78 is 5.04. The zero-order valence-corrected chi connectivity index (χ0v) is 16.1. The van der Waals surface area contributed by atoms with Crippen molar-refractivity contribution in [3.8, 4) is 0 Å². The molecule has 1 aliphatic carbocycles. The number of aliphatic imine (C=N–C) groups is 1. The second kappa shape index (κ2) is 9.42. The van der Waals surface area contributed by atoms with E-state index in [4.69, 9.17) is 4.74 Å². The molecule has 2 unspecified atom stereocenters. The van der Waals surface area contributed by atoms with Gasteiger partial charge in [-0.25, -0.2) is 4.79 Å². The lowest BCUT2D eigenvalue weighted by Crippen LogP contribution is -2.50. The monoisotopic (exact) mass is 424 g/mol. The molecule has 128 valence electrons. The highest BCUT2D eigenvalue weighted by atomic mass is 127. The number of hydrogen-bond donors (Lipinski definition) is 2. The maximum atomic E-state index is 11.7. The fourth-order valence-electron chi connectivity index (χ4n) is 2.60. The lowest BCUT2D eigenvalue weighted by Gasteiger charge is -2.32. The van der Waals surface area contributed by atoms with Crippen LogP contribution in [-0.2, 0) is 4.74 Å². The molecule has 22 heavy (non-hydrogen) atoms. The molecule has 1 heterocycles. The Bertz CT molecular complexity index is 384. The van der Waals surface area contributed by atoms with E-state index in [1.54, 1.807) is 4.90 Å². The topological polar surface area (TPSA) is 66.0 Å². The molecule has 1 saturated carbocycles. The van der Waals surface area contributed by atoms with Crippen LogP contribution in [0.1, 0.15) is 40.0 Å². The third-order valence-corrected chi connectivity index (χ3v) is 4.11. The van der Waals surface area contributed by atoms with Crippen LogP contribution in [0.3, 0.4) is 0 Å². The highest BCUT2D eigenvalue weighted by Crippen LogP contribution is 2.28. The maximum Gasteiger partial charge on any atom is 0.409 e. The molecule has 2 aliphatic rings. The highest BCUT2D eigenvalue weighted by molar-refractivity contribution is 14.0. The summed E-state index contributed by atoms with van der Waals surface area (Å²) >= 11 is 0. The number of ether oxygens (including phenoxy) is 1. The van der Waals surface area contributed by atoms with Crippen LogP contribution in [0.15, 0.2) is 4.99 Å². The Labute approximate surface area is 150 Å². The van der Waals surface area contributed by atoms with Crippen LogP contribution in [-0.4, -0.2) is 55.3 Å². The van der Waals surface area contributed by atoms with Crippen LogP contribution in [0.2, 0.25) is 0 Å². The molecule has 0 spiro atoms. The van der Waals surface area contributed by atoms with Gasteiger partial charge in [-0.1, -0.05) is 6.92 Å². The number of nitrogens with zero attached hydrogens (tertiary/aromatic N) is 2. The summed E-state index contributed by atoms with van der Waals surface area (Å²) in [6.07, 6.45) is 2.90. The number of nitrogens with one attached hydrogen (secondary N) is 2. The molecule has 0 aromatic rings. The van der Waals surface area contributed by atoms with Crippen molar-refractivity contribution in [3.05, 3.63) is 0 Å². The van der Waals surface area contributed by atoms with Crippen molar-refractivity contribution in [2.75, 3.05) is 26.2 Å². The number of rotatable bonds is 4. The van der Waals surface area contributed by atoms with Crippen molar-refractivity contribution >= 4 is 36.0 Å². The number of hydrogen-bond acceptors (Lipinski definition) is 3. The van der Waals surface area contributed by atoms with Crippen LogP contribution in [0, 0.1) is 5.92 Å². The average molecular weight is 424 g/mol. The van der Waals surface area contributed by atoms with Gasteiger partial charge in [0.05, 0.1) is 6.61 Å². The molecule has 0 aromatic carbocycles. The molecule has 0 aromatic heterocycles. The molecule has 2 rings (SSSR count). The fraction of sp³-hybridized carbons (Fsp3) is 0.867. The molecule has 2 atom stereocenters. The van der Waals surface area contributed by atoms with Gasteiger partial charge in [-0.05, 0) is 39.0 Å². The minimum Gasteiger partial charge on any atom is -0.450 e. The molecule has 1 aliphatic heterocycles. The van der Waals surface area contributed by atoms with Crippen molar-refractivity contribution in [1.82, 2.24) is 15.5 Å². The standard InChI is InChI=1S/C15H28N4O2.HI/c1-4-16-14(18-13-10-11(13)3)17-12-6-8-19(9-7-12)15(20)21-5-2;/h11-13H,4-10H2,1-3H3,(H2,16,17,18);1H. The lowest BCUT2D eigenvalue weighted by molar-refractivity contribution is 0.0963. The van der Waals surface area contributed by atoms with E-state index < -0.39 is 0 Å². The van der Waals surface area contributed by atoms with Crippen molar-refractivity contribution in [3.63, 3.8) is 0 Å². The summed E-state index contributed by atoms with van der Waals surface area (Å²) in [4.78, 5) is 18.0. The van der Waals surface area contributed by atoms with E-state index >= 15 is 0 Å². The summed E-state index contributed by atoms with van der Waals surface area (Å²) in [5, 5.41) is 6.98. The molecule has 2 N–H and O–H groups in total. The van der Waals surface area contributed by atoms with Crippen LogP contribution < -0.4 is 10.6 Å². The van der Waals surface area contributed by atoms with Crippen LogP contribution >= 0.6 is 24.0 Å². The molecule has 2 fully saturated rings. The van der Waals surface area contributed by atoms with Crippen molar-refractivity contribution in [1.29, 1.82) is 0 Å². The van der Waals surface area contributed by atoms with Crippen molar-refractivity contribution in [2.24, 2.45) is 10.9 Å². The zero-order chi connectivity index (χ0) is 15.2. The summed E-state index contributed by atoms with van der Waals surface area (Å²) in [5.74, 6) is 1.67. The predicted octanol–water partition coefficient (Wildman–Crippen LogP) is 2.19. The Hall–Kier alpha value is -0.730. The predicted molar refractivity (Wildman–Crippen MR) is 98.8 cm³/mol. The summed E-state index contributed by atoms with van der Waals surface area (Å²) in [6, 6.07) is 0.949. The third-order valence-electron chi connectivity index (χ3n) is 4.11. The van der Waals surface area contributed by atoms with Gasteiger partial charge in [-0.2, -0.15) is 0 Å². The smallest absolute Gasteiger partial charge is 0.409 e. The SMILES string of the molecule is CCN=C(NC1CCN(C(=O)OCC)CC1)NC1CC1C.I. The van der Waals surface area contributed by atoms with Crippen molar-refractivity contribution in [2.45, 2.75) is 52.1 Å². The molecule has 0 radical (unpaired) electrons. The molecule has 0 bridgehead atoms. The summed E-state index contributed by atoms with van der Waals surface area (Å²) in [7, 11) is 0. The van der Waals surface area contributed by atoms with E-state index in [0.29, 0.717) is 18.7 Å². The van der Waals surface area contributed by atoms with Gasteiger partial charge in [0.25, 0.3) is 0 Å². The van der Waals surface area contributed by atoms with Gasteiger partial charge < -0.3 is 20.3 Å². The first-order valence-electron chi connectivity index (χ1n) is 8.13. The van der Waals surface area contributed by atoms with Gasteiger partial charge in [0.2, 0.25) is 0 Å².